The van der Waals surface area contributed by atoms with E-state index in [1.807, 2.05) is 0 Å². The van der Waals surface area contributed by atoms with Gasteiger partial charge < -0.3 is 15.4 Å². The molecule has 0 spiro atoms. The Morgan fingerprint density at radius 2 is 2.16 bits per heavy atom. The monoisotopic (exact) mass is 288 g/mol. The molecule has 0 saturated carbocycles. The number of anilines is 1. The minimum atomic E-state index is -0.560. The van der Waals surface area contributed by atoms with Crippen molar-refractivity contribution < 1.29 is 18.7 Å². The van der Waals surface area contributed by atoms with E-state index >= 15 is 0 Å². The zero-order chi connectivity index (χ0) is 14.3. The van der Waals surface area contributed by atoms with E-state index in [0.717, 1.165) is 6.07 Å². The summed E-state index contributed by atoms with van der Waals surface area (Å²) < 4.78 is 17.6. The third-order valence-electron chi connectivity index (χ3n) is 2.10. The number of hydrogen-bond donors (Lipinski definition) is 2. The fourth-order valence-electron chi connectivity index (χ4n) is 1.26. The minimum absolute atomic E-state index is 0.0793. The Hall–Kier alpha value is -1.82. The van der Waals surface area contributed by atoms with Gasteiger partial charge in [0.25, 0.3) is 0 Å². The third-order valence-corrected chi connectivity index (χ3v) is 2.39. The second-order valence-electron chi connectivity index (χ2n) is 3.56. The van der Waals surface area contributed by atoms with E-state index in [2.05, 4.69) is 10.6 Å². The Bertz CT molecular complexity index is 468. The molecule has 7 heteroatoms. The summed E-state index contributed by atoms with van der Waals surface area (Å²) in [6.07, 6.45) is 0.0887. The van der Waals surface area contributed by atoms with Gasteiger partial charge in [-0.2, -0.15) is 0 Å². The highest BCUT2D eigenvalue weighted by atomic mass is 35.5. The van der Waals surface area contributed by atoms with Gasteiger partial charge >= 0.3 is 12.0 Å². The lowest BCUT2D eigenvalue weighted by Crippen LogP contribution is -2.30. The maximum atomic E-state index is 12.9. The van der Waals surface area contributed by atoms with Gasteiger partial charge in [-0.1, -0.05) is 11.6 Å². The highest BCUT2D eigenvalue weighted by Crippen LogP contribution is 2.19. The first-order valence-corrected chi connectivity index (χ1v) is 6.06. The summed E-state index contributed by atoms with van der Waals surface area (Å²) in [5.41, 5.74) is 0.361. The molecule has 2 N–H and O–H groups in total. The molecule has 19 heavy (non-hydrogen) atoms. The second kappa shape index (κ2) is 7.58. The van der Waals surface area contributed by atoms with Crippen LogP contribution in [-0.4, -0.2) is 25.2 Å². The molecular formula is C12H14ClFN2O3. The van der Waals surface area contributed by atoms with Crippen LogP contribution >= 0.6 is 11.6 Å². The first-order chi connectivity index (χ1) is 9.02. The van der Waals surface area contributed by atoms with Gasteiger partial charge in [-0.05, 0) is 25.1 Å². The van der Waals surface area contributed by atoms with Crippen molar-refractivity contribution >= 4 is 29.3 Å². The van der Waals surface area contributed by atoms with Crippen LogP contribution in [0.2, 0.25) is 5.02 Å². The van der Waals surface area contributed by atoms with Crippen molar-refractivity contribution in [2.45, 2.75) is 13.3 Å². The number of carbonyl (C=O) groups excluding carboxylic acids is 2. The molecule has 2 amide bonds. The first-order valence-electron chi connectivity index (χ1n) is 5.68. The number of amides is 2. The van der Waals surface area contributed by atoms with Crippen LogP contribution in [0.15, 0.2) is 18.2 Å². The highest BCUT2D eigenvalue weighted by molar-refractivity contribution is 6.31. The molecule has 0 radical (unpaired) electrons. The van der Waals surface area contributed by atoms with Crippen LogP contribution in [0.5, 0.6) is 0 Å². The molecule has 1 aromatic rings. The van der Waals surface area contributed by atoms with E-state index < -0.39 is 11.8 Å². The number of carbonyl (C=O) groups is 2. The number of hydrogen-bond acceptors (Lipinski definition) is 3. The number of nitrogens with one attached hydrogen (secondary N) is 2. The normalized spacial score (nSPS) is 9.84. The average molecular weight is 289 g/mol. The molecule has 0 fully saturated rings. The number of esters is 1. The van der Waals surface area contributed by atoms with Crippen molar-refractivity contribution in [2.75, 3.05) is 18.5 Å². The van der Waals surface area contributed by atoms with Crippen LogP contribution in [0.3, 0.4) is 0 Å². The molecule has 1 rings (SSSR count). The summed E-state index contributed by atoms with van der Waals surface area (Å²) in [7, 11) is 0. The van der Waals surface area contributed by atoms with E-state index in [9.17, 15) is 14.0 Å². The second-order valence-corrected chi connectivity index (χ2v) is 3.97. The lowest BCUT2D eigenvalue weighted by molar-refractivity contribution is -0.142. The fourth-order valence-corrected chi connectivity index (χ4v) is 1.44. The Balaban J connectivity index is 2.35. The van der Waals surface area contributed by atoms with Gasteiger partial charge in [0.05, 0.1) is 18.1 Å². The Morgan fingerprint density at radius 1 is 1.42 bits per heavy atom. The van der Waals surface area contributed by atoms with Crippen LogP contribution in [0.1, 0.15) is 13.3 Å². The predicted octanol–water partition coefficient (Wildman–Crippen LogP) is 2.55. The molecule has 0 aromatic heterocycles. The smallest absolute Gasteiger partial charge is 0.319 e. The van der Waals surface area contributed by atoms with Crippen molar-refractivity contribution in [1.82, 2.24) is 5.32 Å². The maximum Gasteiger partial charge on any atom is 0.319 e. The van der Waals surface area contributed by atoms with Gasteiger partial charge in [-0.15, -0.1) is 0 Å². The van der Waals surface area contributed by atoms with E-state index in [4.69, 9.17) is 16.3 Å². The molecule has 0 aliphatic rings. The lowest BCUT2D eigenvalue weighted by atomic mass is 10.3. The van der Waals surface area contributed by atoms with Gasteiger partial charge in [0, 0.05) is 12.2 Å². The number of halogens is 2. The van der Waals surface area contributed by atoms with Gasteiger partial charge in [-0.3, -0.25) is 4.79 Å². The maximum absolute atomic E-state index is 12.9. The van der Waals surface area contributed by atoms with Crippen molar-refractivity contribution in [3.8, 4) is 0 Å². The van der Waals surface area contributed by atoms with Crippen LogP contribution in [0, 0.1) is 5.82 Å². The molecule has 5 nitrogen and oxygen atoms in total. The molecule has 0 heterocycles. The summed E-state index contributed by atoms with van der Waals surface area (Å²) in [6, 6.07) is 3.32. The summed E-state index contributed by atoms with van der Waals surface area (Å²) in [5, 5.41) is 4.85. The number of urea groups is 1. The van der Waals surface area contributed by atoms with Crippen LogP contribution in [-0.2, 0) is 9.53 Å². The zero-order valence-electron chi connectivity index (χ0n) is 10.3. The molecule has 1 aromatic carbocycles. The standard InChI is InChI=1S/C12H14ClFN2O3/c1-2-19-11(17)5-6-15-12(18)16-8-3-4-10(14)9(13)7-8/h3-4,7H,2,5-6H2,1H3,(H2,15,16,18). The Labute approximate surface area is 115 Å². The summed E-state index contributed by atoms with van der Waals surface area (Å²) >= 11 is 5.57. The molecule has 0 aliphatic carbocycles. The Kier molecular flexibility index (Phi) is 6.08. The molecule has 0 aliphatic heterocycles. The fraction of sp³-hybridized carbons (Fsp3) is 0.333. The SMILES string of the molecule is CCOC(=O)CCNC(=O)Nc1ccc(F)c(Cl)c1. The van der Waals surface area contributed by atoms with E-state index in [-0.39, 0.29) is 24.0 Å². The third kappa shape index (κ3) is 5.56. The molecule has 104 valence electrons. The summed E-state index contributed by atoms with van der Waals surface area (Å²) in [6.45, 7) is 2.16. The lowest BCUT2D eigenvalue weighted by Gasteiger charge is -2.07. The topological polar surface area (TPSA) is 67.4 Å². The van der Waals surface area contributed by atoms with Crippen LogP contribution < -0.4 is 10.6 Å². The average Bonchev–Trinajstić information content (AvgIpc) is 2.34. The molecule has 0 saturated heterocycles. The van der Waals surface area contributed by atoms with E-state index in [1.54, 1.807) is 6.92 Å². The quantitative estimate of drug-likeness (QED) is 0.818. The minimum Gasteiger partial charge on any atom is -0.466 e. The van der Waals surface area contributed by atoms with Crippen LogP contribution in [0.25, 0.3) is 0 Å². The molecule has 0 bridgehead atoms. The number of rotatable bonds is 5. The van der Waals surface area contributed by atoms with Gasteiger partial charge in [0.1, 0.15) is 5.82 Å². The summed E-state index contributed by atoms with van der Waals surface area (Å²) in [5.74, 6) is -0.942. The van der Waals surface area contributed by atoms with Gasteiger partial charge in [-0.25, -0.2) is 9.18 Å². The van der Waals surface area contributed by atoms with Gasteiger partial charge in [0.15, 0.2) is 0 Å². The van der Waals surface area contributed by atoms with Crippen molar-refractivity contribution in [1.29, 1.82) is 0 Å². The van der Waals surface area contributed by atoms with Crippen molar-refractivity contribution in [2.24, 2.45) is 0 Å². The summed E-state index contributed by atoms with van der Waals surface area (Å²) in [4.78, 5) is 22.4. The van der Waals surface area contributed by atoms with E-state index in [1.165, 1.54) is 12.1 Å². The number of ether oxygens (including phenoxy) is 1. The van der Waals surface area contributed by atoms with Crippen LogP contribution in [0.4, 0.5) is 14.9 Å². The molecule has 0 atom stereocenters. The zero-order valence-corrected chi connectivity index (χ0v) is 11.1. The molecular weight excluding hydrogens is 275 g/mol. The van der Waals surface area contributed by atoms with Crippen molar-refractivity contribution in [3.05, 3.63) is 29.0 Å². The highest BCUT2D eigenvalue weighted by Gasteiger charge is 2.06. The largest absolute Gasteiger partial charge is 0.466 e. The van der Waals surface area contributed by atoms with Gasteiger partial charge in [0.2, 0.25) is 0 Å². The molecule has 0 unspecified atom stereocenters. The number of benzene rings is 1. The van der Waals surface area contributed by atoms with E-state index in [0.29, 0.717) is 12.3 Å². The Morgan fingerprint density at radius 3 is 2.79 bits per heavy atom. The predicted molar refractivity (Wildman–Crippen MR) is 69.7 cm³/mol. The first kappa shape index (κ1) is 15.2. The van der Waals surface area contributed by atoms with Crippen molar-refractivity contribution in [3.63, 3.8) is 0 Å².